The fraction of sp³-hybridized carbons (Fsp3) is 0.385. The molecule has 1 heterocycles. The molecule has 0 aliphatic heterocycles. The van der Waals surface area contributed by atoms with Crippen molar-refractivity contribution in [1.82, 2.24) is 20.5 Å². The van der Waals surface area contributed by atoms with Gasteiger partial charge in [-0.25, -0.2) is 4.98 Å². The number of aromatic amines is 1. The van der Waals surface area contributed by atoms with Crippen LogP contribution in [0, 0.1) is 0 Å². The second kappa shape index (κ2) is 6.95. The van der Waals surface area contributed by atoms with Crippen LogP contribution in [0.2, 0.25) is 0 Å². The first-order valence-corrected chi connectivity index (χ1v) is 6.27. The van der Waals surface area contributed by atoms with Crippen molar-refractivity contribution in [1.29, 1.82) is 0 Å². The van der Waals surface area contributed by atoms with Crippen molar-refractivity contribution in [3.8, 4) is 5.75 Å². The number of hydrogen-bond donors (Lipinski definition) is 2. The smallest absolute Gasteiger partial charge is 0.387 e. The van der Waals surface area contributed by atoms with Crippen molar-refractivity contribution in [3.05, 3.63) is 42.0 Å². The van der Waals surface area contributed by atoms with Crippen LogP contribution in [0.15, 0.2) is 30.6 Å². The molecule has 2 aromatic rings. The van der Waals surface area contributed by atoms with Gasteiger partial charge in [0.2, 0.25) is 0 Å². The third-order valence-electron chi connectivity index (χ3n) is 2.86. The van der Waals surface area contributed by atoms with E-state index in [0.29, 0.717) is 6.54 Å². The number of H-pyrrole nitrogens is 1. The van der Waals surface area contributed by atoms with Crippen LogP contribution in [-0.4, -0.2) is 28.3 Å². The van der Waals surface area contributed by atoms with E-state index in [1.165, 1.54) is 12.4 Å². The average Bonchev–Trinajstić information content (AvgIpc) is 2.91. The molecule has 1 unspecified atom stereocenters. The van der Waals surface area contributed by atoms with Gasteiger partial charge in [0.05, 0.1) is 0 Å². The van der Waals surface area contributed by atoms with E-state index in [0.717, 1.165) is 17.8 Å². The summed E-state index contributed by atoms with van der Waals surface area (Å²) in [5, 5.41) is 9.83. The maximum Gasteiger partial charge on any atom is 0.387 e. The van der Waals surface area contributed by atoms with E-state index in [-0.39, 0.29) is 11.8 Å². The number of nitrogens with one attached hydrogen (secondary N) is 2. The van der Waals surface area contributed by atoms with Crippen molar-refractivity contribution < 1.29 is 13.5 Å². The van der Waals surface area contributed by atoms with Gasteiger partial charge in [0, 0.05) is 19.0 Å². The second-order valence-corrected chi connectivity index (χ2v) is 4.31. The number of benzene rings is 1. The summed E-state index contributed by atoms with van der Waals surface area (Å²) in [6, 6.07) is 6.71. The van der Waals surface area contributed by atoms with E-state index in [2.05, 4.69) is 25.2 Å². The number of halogens is 2. The molecule has 2 rings (SSSR count). The van der Waals surface area contributed by atoms with Gasteiger partial charge in [-0.1, -0.05) is 12.1 Å². The number of hydrogen-bond acceptors (Lipinski definition) is 4. The summed E-state index contributed by atoms with van der Waals surface area (Å²) in [4.78, 5) is 4.02. The van der Waals surface area contributed by atoms with Crippen LogP contribution in [0.3, 0.4) is 0 Å². The lowest BCUT2D eigenvalue weighted by atomic mass is 10.1. The summed E-state index contributed by atoms with van der Waals surface area (Å²) in [5.41, 5.74) is 0.890. The highest BCUT2D eigenvalue weighted by Gasteiger charge is 2.09. The highest BCUT2D eigenvalue weighted by atomic mass is 19.3. The van der Waals surface area contributed by atoms with Gasteiger partial charge in [-0.15, -0.1) is 0 Å². The largest absolute Gasteiger partial charge is 0.435 e. The summed E-state index contributed by atoms with van der Waals surface area (Å²) in [6.07, 6.45) is 2.18. The van der Waals surface area contributed by atoms with Crippen molar-refractivity contribution in [2.75, 3.05) is 6.54 Å². The molecule has 2 N–H and O–H groups in total. The predicted octanol–water partition coefficient (Wildman–Crippen LogP) is 2.30. The first-order chi connectivity index (χ1) is 9.65. The minimum atomic E-state index is -2.81. The van der Waals surface area contributed by atoms with E-state index in [4.69, 9.17) is 0 Å². The molecule has 0 aliphatic carbocycles. The molecule has 0 bridgehead atoms. The summed E-state index contributed by atoms with van der Waals surface area (Å²) in [6.45, 7) is -0.141. The fourth-order valence-electron chi connectivity index (χ4n) is 1.84. The molecular formula is C13H16F2N4O. The van der Waals surface area contributed by atoms with Gasteiger partial charge >= 0.3 is 6.61 Å². The Morgan fingerprint density at radius 3 is 2.95 bits per heavy atom. The van der Waals surface area contributed by atoms with Crippen molar-refractivity contribution >= 4 is 0 Å². The van der Waals surface area contributed by atoms with Crippen LogP contribution >= 0.6 is 0 Å². The Balaban J connectivity index is 1.86. The van der Waals surface area contributed by atoms with Crippen LogP contribution < -0.4 is 10.1 Å². The Hall–Kier alpha value is -2.02. The molecule has 0 saturated heterocycles. The van der Waals surface area contributed by atoms with Gasteiger partial charge in [0.15, 0.2) is 0 Å². The van der Waals surface area contributed by atoms with Gasteiger partial charge in [-0.2, -0.15) is 13.9 Å². The molecule has 0 aliphatic rings. The van der Waals surface area contributed by atoms with E-state index < -0.39 is 6.61 Å². The maximum atomic E-state index is 12.2. The highest BCUT2D eigenvalue weighted by molar-refractivity contribution is 5.30. The molecule has 20 heavy (non-hydrogen) atoms. The van der Waals surface area contributed by atoms with Crippen LogP contribution in [0.5, 0.6) is 5.75 Å². The molecule has 1 atom stereocenters. The Labute approximate surface area is 115 Å². The van der Waals surface area contributed by atoms with Crippen LogP contribution in [0.4, 0.5) is 8.78 Å². The van der Waals surface area contributed by atoms with E-state index >= 15 is 0 Å². The monoisotopic (exact) mass is 282 g/mol. The summed E-state index contributed by atoms with van der Waals surface area (Å²) in [7, 11) is 0. The van der Waals surface area contributed by atoms with Gasteiger partial charge in [0.1, 0.15) is 17.9 Å². The lowest BCUT2D eigenvalue weighted by Gasteiger charge is -2.15. The van der Waals surface area contributed by atoms with E-state index in [1.54, 1.807) is 12.1 Å². The lowest BCUT2D eigenvalue weighted by molar-refractivity contribution is -0.0499. The SMILES string of the molecule is CC(NCCc1ncn[nH]1)c1cccc(OC(F)F)c1. The average molecular weight is 282 g/mol. The molecule has 108 valence electrons. The van der Waals surface area contributed by atoms with E-state index in [1.807, 2.05) is 13.0 Å². The zero-order valence-electron chi connectivity index (χ0n) is 11.0. The minimum Gasteiger partial charge on any atom is -0.435 e. The zero-order chi connectivity index (χ0) is 14.4. The number of nitrogens with zero attached hydrogens (tertiary/aromatic N) is 2. The Bertz CT molecular complexity index is 519. The molecule has 1 aromatic heterocycles. The Morgan fingerprint density at radius 1 is 1.40 bits per heavy atom. The highest BCUT2D eigenvalue weighted by Crippen LogP contribution is 2.20. The van der Waals surface area contributed by atoms with Gasteiger partial charge in [-0.3, -0.25) is 5.10 Å². The minimum absolute atomic E-state index is 0.0270. The van der Waals surface area contributed by atoms with Crippen LogP contribution in [0.25, 0.3) is 0 Å². The van der Waals surface area contributed by atoms with Crippen molar-refractivity contribution in [2.24, 2.45) is 0 Å². The molecule has 0 radical (unpaired) electrons. The Morgan fingerprint density at radius 2 is 2.25 bits per heavy atom. The number of alkyl halides is 2. The van der Waals surface area contributed by atoms with Crippen LogP contribution in [-0.2, 0) is 6.42 Å². The Kier molecular flexibility index (Phi) is 5.00. The quantitative estimate of drug-likeness (QED) is 0.818. The predicted molar refractivity (Wildman–Crippen MR) is 69.6 cm³/mol. The normalized spacial score (nSPS) is 12.6. The molecule has 0 spiro atoms. The third kappa shape index (κ3) is 4.27. The summed E-state index contributed by atoms with van der Waals surface area (Å²) in [5.74, 6) is 0.973. The molecular weight excluding hydrogens is 266 g/mol. The zero-order valence-corrected chi connectivity index (χ0v) is 11.0. The molecule has 5 nitrogen and oxygen atoms in total. The second-order valence-electron chi connectivity index (χ2n) is 4.31. The van der Waals surface area contributed by atoms with Gasteiger partial charge in [0.25, 0.3) is 0 Å². The standard InChI is InChI=1S/C13H16F2N4O/c1-9(16-6-5-12-17-8-18-19-12)10-3-2-4-11(7-10)20-13(14)15/h2-4,7-9,13,16H,5-6H2,1H3,(H,17,18,19). The topological polar surface area (TPSA) is 62.8 Å². The van der Waals surface area contributed by atoms with Crippen LogP contribution in [0.1, 0.15) is 24.4 Å². The summed E-state index contributed by atoms with van der Waals surface area (Å²) < 4.78 is 28.7. The molecule has 7 heteroatoms. The van der Waals surface area contributed by atoms with Gasteiger partial charge < -0.3 is 10.1 Å². The number of rotatable bonds is 7. The molecule has 0 amide bonds. The maximum absolute atomic E-state index is 12.2. The van der Waals surface area contributed by atoms with Gasteiger partial charge in [-0.05, 0) is 24.6 Å². The third-order valence-corrected chi connectivity index (χ3v) is 2.86. The molecule has 0 fully saturated rings. The van der Waals surface area contributed by atoms with Crippen molar-refractivity contribution in [3.63, 3.8) is 0 Å². The number of ether oxygens (including phenoxy) is 1. The summed E-state index contributed by atoms with van der Waals surface area (Å²) >= 11 is 0. The first kappa shape index (κ1) is 14.4. The fourth-order valence-corrected chi connectivity index (χ4v) is 1.84. The molecule has 1 aromatic carbocycles. The molecule has 0 saturated carbocycles. The first-order valence-electron chi connectivity index (χ1n) is 6.27. The van der Waals surface area contributed by atoms with E-state index in [9.17, 15) is 8.78 Å². The number of aromatic nitrogens is 3. The van der Waals surface area contributed by atoms with Crippen molar-refractivity contribution in [2.45, 2.75) is 26.0 Å². The lowest BCUT2D eigenvalue weighted by Crippen LogP contribution is -2.21.